The average molecular weight is 456 g/mol. The normalized spacial score (nSPS) is 15.6. The van der Waals surface area contributed by atoms with Gasteiger partial charge in [0.2, 0.25) is 11.8 Å². The highest BCUT2D eigenvalue weighted by molar-refractivity contribution is 6.36. The van der Waals surface area contributed by atoms with Crippen molar-refractivity contribution in [2.45, 2.75) is 58.4 Å². The molecule has 6 nitrogen and oxygen atoms in total. The molecule has 1 saturated heterocycles. The molecular weight excluding hydrogens is 425 g/mol. The highest BCUT2D eigenvalue weighted by Crippen LogP contribution is 2.21. The van der Waals surface area contributed by atoms with Crippen LogP contribution in [0.4, 0.5) is 0 Å². The summed E-state index contributed by atoms with van der Waals surface area (Å²) in [6, 6.07) is 3.97. The van der Waals surface area contributed by atoms with E-state index in [2.05, 4.69) is 10.6 Å². The number of halogens is 2. The Morgan fingerprint density at radius 1 is 1.17 bits per heavy atom. The Morgan fingerprint density at radius 3 is 2.63 bits per heavy atom. The maximum absolute atomic E-state index is 12.7. The second-order valence-electron chi connectivity index (χ2n) is 8.12. The number of carbonyl (C=O) groups excluding carboxylic acids is 3. The minimum atomic E-state index is -0.663. The third-order valence-electron chi connectivity index (χ3n) is 5.08. The van der Waals surface area contributed by atoms with Gasteiger partial charge in [0.15, 0.2) is 0 Å². The van der Waals surface area contributed by atoms with Crippen molar-refractivity contribution in [2.75, 3.05) is 19.6 Å². The summed E-state index contributed by atoms with van der Waals surface area (Å²) in [6.45, 7) is 5.87. The van der Waals surface area contributed by atoms with Gasteiger partial charge in [-0.2, -0.15) is 0 Å². The summed E-state index contributed by atoms with van der Waals surface area (Å²) in [5, 5.41) is 6.36. The zero-order valence-corrected chi connectivity index (χ0v) is 19.2. The topological polar surface area (TPSA) is 78.5 Å². The fourth-order valence-corrected chi connectivity index (χ4v) is 3.99. The summed E-state index contributed by atoms with van der Waals surface area (Å²) >= 11 is 12.0. The van der Waals surface area contributed by atoms with Crippen LogP contribution in [0.5, 0.6) is 0 Å². The summed E-state index contributed by atoms with van der Waals surface area (Å²) in [4.78, 5) is 39.2. The van der Waals surface area contributed by atoms with E-state index in [0.29, 0.717) is 37.4 Å². The summed E-state index contributed by atoms with van der Waals surface area (Å²) in [7, 11) is 0. The molecule has 0 radical (unpaired) electrons. The predicted octanol–water partition coefficient (Wildman–Crippen LogP) is 4.05. The monoisotopic (exact) mass is 455 g/mol. The van der Waals surface area contributed by atoms with Crippen molar-refractivity contribution in [1.82, 2.24) is 15.5 Å². The minimum absolute atomic E-state index is 0.198. The quantitative estimate of drug-likeness (QED) is 0.551. The van der Waals surface area contributed by atoms with Crippen LogP contribution in [0.25, 0.3) is 0 Å². The largest absolute Gasteiger partial charge is 0.354 e. The first-order valence-electron chi connectivity index (χ1n) is 10.6. The molecule has 2 rings (SSSR count). The third-order valence-corrected chi connectivity index (χ3v) is 5.63. The van der Waals surface area contributed by atoms with Crippen LogP contribution in [0.2, 0.25) is 10.0 Å². The average Bonchev–Trinajstić information content (AvgIpc) is 2.88. The molecule has 1 unspecified atom stereocenters. The van der Waals surface area contributed by atoms with Gasteiger partial charge >= 0.3 is 0 Å². The van der Waals surface area contributed by atoms with Crippen molar-refractivity contribution < 1.29 is 14.4 Å². The number of hydrogen-bond donors (Lipinski definition) is 2. The standard InChI is InChI=1S/C22H31Cl2N3O3/c1-15(2)13-19(26-21(29)17-9-8-16(23)14-18(17)24)22(30)25-10-6-12-27-11-5-3-4-7-20(27)28/h8-9,14-15,19H,3-7,10-13H2,1-2H3,(H,25,30)(H,26,29). The summed E-state index contributed by atoms with van der Waals surface area (Å²) in [5.41, 5.74) is 0.280. The predicted molar refractivity (Wildman–Crippen MR) is 120 cm³/mol. The summed E-state index contributed by atoms with van der Waals surface area (Å²) < 4.78 is 0. The van der Waals surface area contributed by atoms with Crippen LogP contribution in [0.3, 0.4) is 0 Å². The fourth-order valence-electron chi connectivity index (χ4n) is 3.49. The van der Waals surface area contributed by atoms with Gasteiger partial charge in [0.25, 0.3) is 5.91 Å². The molecule has 8 heteroatoms. The number of benzene rings is 1. The molecule has 0 aromatic heterocycles. The zero-order chi connectivity index (χ0) is 22.1. The van der Waals surface area contributed by atoms with Crippen molar-refractivity contribution in [3.63, 3.8) is 0 Å². The lowest BCUT2D eigenvalue weighted by molar-refractivity contribution is -0.130. The molecule has 1 aliphatic rings. The molecule has 3 amide bonds. The van der Waals surface area contributed by atoms with Crippen molar-refractivity contribution in [1.29, 1.82) is 0 Å². The number of carbonyl (C=O) groups is 3. The molecule has 1 fully saturated rings. The van der Waals surface area contributed by atoms with Crippen molar-refractivity contribution >= 4 is 40.9 Å². The molecule has 0 bridgehead atoms. The van der Waals surface area contributed by atoms with E-state index in [1.165, 1.54) is 6.07 Å². The maximum Gasteiger partial charge on any atom is 0.253 e. The lowest BCUT2D eigenvalue weighted by atomic mass is 10.0. The Balaban J connectivity index is 1.88. The number of nitrogens with zero attached hydrogens (tertiary/aromatic N) is 1. The lowest BCUT2D eigenvalue weighted by Gasteiger charge is -2.22. The van der Waals surface area contributed by atoms with Gasteiger partial charge in [-0.1, -0.05) is 43.5 Å². The van der Waals surface area contributed by atoms with E-state index >= 15 is 0 Å². The molecule has 30 heavy (non-hydrogen) atoms. The second kappa shape index (κ2) is 12.2. The van der Waals surface area contributed by atoms with Gasteiger partial charge in [0.05, 0.1) is 10.6 Å². The van der Waals surface area contributed by atoms with Gasteiger partial charge in [0.1, 0.15) is 6.04 Å². The molecule has 1 heterocycles. The Hall–Kier alpha value is -1.79. The number of nitrogens with one attached hydrogen (secondary N) is 2. The molecule has 1 aromatic rings. The first-order valence-corrected chi connectivity index (χ1v) is 11.3. The van der Waals surface area contributed by atoms with Gasteiger partial charge in [-0.15, -0.1) is 0 Å². The van der Waals surface area contributed by atoms with E-state index in [1.54, 1.807) is 12.1 Å². The molecule has 2 N–H and O–H groups in total. The van der Waals surface area contributed by atoms with Gasteiger partial charge in [-0.25, -0.2) is 0 Å². The van der Waals surface area contributed by atoms with E-state index in [9.17, 15) is 14.4 Å². The van der Waals surface area contributed by atoms with Crippen molar-refractivity contribution in [3.8, 4) is 0 Å². The summed E-state index contributed by atoms with van der Waals surface area (Å²) in [5.74, 6) is -0.225. The van der Waals surface area contributed by atoms with Crippen LogP contribution >= 0.6 is 23.2 Å². The number of rotatable bonds is 9. The maximum atomic E-state index is 12.7. The first-order chi connectivity index (χ1) is 14.3. The van der Waals surface area contributed by atoms with E-state index in [1.807, 2.05) is 18.7 Å². The Labute approximate surface area is 188 Å². The molecule has 1 atom stereocenters. The summed E-state index contributed by atoms with van der Waals surface area (Å²) in [6.07, 6.45) is 4.89. The smallest absolute Gasteiger partial charge is 0.253 e. The highest BCUT2D eigenvalue weighted by atomic mass is 35.5. The lowest BCUT2D eigenvalue weighted by Crippen LogP contribution is -2.48. The van der Waals surface area contributed by atoms with Gasteiger partial charge < -0.3 is 15.5 Å². The van der Waals surface area contributed by atoms with E-state index in [0.717, 1.165) is 25.8 Å². The Morgan fingerprint density at radius 2 is 1.93 bits per heavy atom. The molecule has 1 aliphatic heterocycles. The molecular formula is C22H31Cl2N3O3. The SMILES string of the molecule is CC(C)CC(NC(=O)c1ccc(Cl)cc1Cl)C(=O)NCCCN1CCCCCC1=O. The molecule has 0 saturated carbocycles. The first kappa shape index (κ1) is 24.5. The van der Waals surface area contributed by atoms with Crippen LogP contribution in [0, 0.1) is 5.92 Å². The highest BCUT2D eigenvalue weighted by Gasteiger charge is 2.23. The Bertz CT molecular complexity index is 755. The van der Waals surface area contributed by atoms with Crippen molar-refractivity contribution in [2.24, 2.45) is 5.92 Å². The van der Waals surface area contributed by atoms with Crippen LogP contribution < -0.4 is 10.6 Å². The third kappa shape index (κ3) is 7.80. The van der Waals surface area contributed by atoms with Crippen molar-refractivity contribution in [3.05, 3.63) is 33.8 Å². The minimum Gasteiger partial charge on any atom is -0.354 e. The second-order valence-corrected chi connectivity index (χ2v) is 8.96. The number of hydrogen-bond acceptors (Lipinski definition) is 3. The number of likely N-dealkylation sites (tertiary alicyclic amines) is 1. The number of amides is 3. The van der Waals surface area contributed by atoms with Crippen LogP contribution in [-0.4, -0.2) is 48.3 Å². The van der Waals surface area contributed by atoms with Crippen LogP contribution in [-0.2, 0) is 9.59 Å². The zero-order valence-electron chi connectivity index (χ0n) is 17.7. The fraction of sp³-hybridized carbons (Fsp3) is 0.591. The van der Waals surface area contributed by atoms with Crippen LogP contribution in [0.1, 0.15) is 62.7 Å². The molecule has 0 spiro atoms. The Kier molecular flexibility index (Phi) is 9.92. The van der Waals surface area contributed by atoms with Gasteiger partial charge in [-0.3, -0.25) is 14.4 Å². The van der Waals surface area contributed by atoms with Gasteiger partial charge in [-0.05, 0) is 49.8 Å². The molecule has 1 aromatic carbocycles. The van der Waals surface area contributed by atoms with Gasteiger partial charge in [0, 0.05) is 31.1 Å². The molecule has 166 valence electrons. The van der Waals surface area contributed by atoms with E-state index in [4.69, 9.17) is 23.2 Å². The van der Waals surface area contributed by atoms with Crippen LogP contribution in [0.15, 0.2) is 18.2 Å². The van der Waals surface area contributed by atoms with E-state index in [-0.39, 0.29) is 28.3 Å². The molecule has 0 aliphatic carbocycles. The van der Waals surface area contributed by atoms with E-state index < -0.39 is 11.9 Å².